The Morgan fingerprint density at radius 1 is 1.44 bits per heavy atom. The second-order valence-corrected chi connectivity index (χ2v) is 4.01. The van der Waals surface area contributed by atoms with Gasteiger partial charge in [0.05, 0.1) is 13.2 Å². The largest absolute Gasteiger partial charge is 0.479 e. The average Bonchev–Trinajstić information content (AvgIpc) is 2.27. The van der Waals surface area contributed by atoms with E-state index in [-0.39, 0.29) is 17.4 Å². The number of rotatable bonds is 5. The summed E-state index contributed by atoms with van der Waals surface area (Å²) in [4.78, 5) is 19.8. The second kappa shape index (κ2) is 5.55. The van der Waals surface area contributed by atoms with Gasteiger partial charge in [-0.3, -0.25) is 4.79 Å². The van der Waals surface area contributed by atoms with E-state index in [1.807, 2.05) is 13.8 Å². The third-order valence-electron chi connectivity index (χ3n) is 2.15. The molecule has 1 rings (SSSR count). The lowest BCUT2D eigenvalue weighted by Crippen LogP contribution is -2.32. The van der Waals surface area contributed by atoms with E-state index in [0.717, 1.165) is 0 Å². The number of hydrogen-bond acceptors (Lipinski definition) is 5. The summed E-state index contributed by atoms with van der Waals surface area (Å²) in [5.41, 5.74) is 6.01. The first-order chi connectivity index (χ1) is 7.56. The zero-order valence-electron chi connectivity index (χ0n) is 9.80. The predicted octanol–water partition coefficient (Wildman–Crippen LogP) is 1.04. The van der Waals surface area contributed by atoms with Crippen LogP contribution in [0.15, 0.2) is 12.4 Å². The molecule has 0 saturated heterocycles. The Hall–Kier alpha value is -1.49. The Kier molecular flexibility index (Phi) is 4.37. The van der Waals surface area contributed by atoms with Crippen LogP contribution in [-0.4, -0.2) is 28.9 Å². The zero-order valence-corrected chi connectivity index (χ0v) is 9.80. The Morgan fingerprint density at radius 2 is 2.06 bits per heavy atom. The molecule has 5 nitrogen and oxygen atoms in total. The summed E-state index contributed by atoms with van der Waals surface area (Å²) in [6.07, 6.45) is 3.56. The minimum Gasteiger partial charge on any atom is -0.479 e. The van der Waals surface area contributed by atoms with Crippen LogP contribution < -0.4 is 10.5 Å². The summed E-state index contributed by atoms with van der Waals surface area (Å²) in [5.74, 6) is 0.368. The number of carbonyl (C=O) groups is 1. The summed E-state index contributed by atoms with van der Waals surface area (Å²) in [6.45, 7) is 4.03. The third-order valence-corrected chi connectivity index (χ3v) is 2.15. The van der Waals surface area contributed by atoms with Gasteiger partial charge in [0.1, 0.15) is 0 Å². The smallest absolute Gasteiger partial charge is 0.243 e. The second-order valence-electron chi connectivity index (χ2n) is 4.01. The molecule has 5 heteroatoms. The van der Waals surface area contributed by atoms with Gasteiger partial charge in [0.25, 0.3) is 0 Å². The Morgan fingerprint density at radius 3 is 2.62 bits per heavy atom. The molecule has 0 spiro atoms. The molecule has 0 saturated carbocycles. The van der Waals surface area contributed by atoms with E-state index >= 15 is 0 Å². The zero-order chi connectivity index (χ0) is 12.1. The van der Waals surface area contributed by atoms with Crippen molar-refractivity contribution in [2.45, 2.75) is 26.3 Å². The number of aromatic nitrogens is 2. The molecule has 1 unspecified atom stereocenters. The normalized spacial score (nSPS) is 12.6. The fourth-order valence-electron chi connectivity index (χ4n) is 1.43. The molecule has 88 valence electrons. The molecule has 0 amide bonds. The highest BCUT2D eigenvalue weighted by Crippen LogP contribution is 2.15. The first-order valence-corrected chi connectivity index (χ1v) is 5.21. The molecule has 1 atom stereocenters. The van der Waals surface area contributed by atoms with Crippen LogP contribution in [-0.2, 0) is 0 Å². The first-order valence-electron chi connectivity index (χ1n) is 5.21. The van der Waals surface area contributed by atoms with Crippen molar-refractivity contribution in [3.8, 4) is 5.88 Å². The van der Waals surface area contributed by atoms with Crippen LogP contribution in [0.2, 0.25) is 0 Å². The number of ether oxygens (including phenoxy) is 1. The molecule has 0 aromatic carbocycles. The molecule has 0 bridgehead atoms. The van der Waals surface area contributed by atoms with Crippen molar-refractivity contribution in [3.05, 3.63) is 18.1 Å². The van der Waals surface area contributed by atoms with Gasteiger partial charge in [0.15, 0.2) is 5.69 Å². The van der Waals surface area contributed by atoms with Crippen molar-refractivity contribution in [2.24, 2.45) is 11.7 Å². The summed E-state index contributed by atoms with van der Waals surface area (Å²) in [6, 6.07) is -0.550. The molecule has 0 aliphatic heterocycles. The number of nitrogens with two attached hydrogens (primary N) is 1. The molecule has 16 heavy (non-hydrogen) atoms. The highest BCUT2D eigenvalue weighted by molar-refractivity contribution is 6.00. The van der Waals surface area contributed by atoms with Crippen molar-refractivity contribution in [2.75, 3.05) is 7.11 Å². The van der Waals surface area contributed by atoms with Crippen molar-refractivity contribution in [3.63, 3.8) is 0 Å². The van der Waals surface area contributed by atoms with E-state index in [1.54, 1.807) is 0 Å². The SMILES string of the molecule is COc1nccnc1C(=O)C(N)CC(C)C. The fraction of sp³-hybridized carbons (Fsp3) is 0.545. The van der Waals surface area contributed by atoms with Crippen LogP contribution in [0, 0.1) is 5.92 Å². The number of methoxy groups -OCH3 is 1. The molecule has 0 aliphatic carbocycles. The van der Waals surface area contributed by atoms with Crippen LogP contribution in [0.1, 0.15) is 30.8 Å². The Labute approximate surface area is 95.0 Å². The molecule has 1 heterocycles. The summed E-state index contributed by atoms with van der Waals surface area (Å²) in [7, 11) is 1.45. The molecule has 0 fully saturated rings. The number of nitrogens with zero attached hydrogens (tertiary/aromatic N) is 2. The minimum atomic E-state index is -0.550. The monoisotopic (exact) mass is 223 g/mol. The summed E-state index contributed by atoms with van der Waals surface area (Å²) in [5, 5.41) is 0. The highest BCUT2D eigenvalue weighted by Gasteiger charge is 2.22. The first kappa shape index (κ1) is 12.6. The predicted molar refractivity (Wildman–Crippen MR) is 60.3 cm³/mol. The number of ketones is 1. The molecule has 0 aliphatic rings. The van der Waals surface area contributed by atoms with Gasteiger partial charge in [0.2, 0.25) is 11.7 Å². The molecular formula is C11H17N3O2. The maximum Gasteiger partial charge on any atom is 0.243 e. The molecular weight excluding hydrogens is 206 g/mol. The Balaban J connectivity index is 2.87. The lowest BCUT2D eigenvalue weighted by Gasteiger charge is -2.13. The standard InChI is InChI=1S/C11H17N3O2/c1-7(2)6-8(12)10(15)9-11(16-3)14-5-4-13-9/h4-5,7-8H,6,12H2,1-3H3. The van der Waals surface area contributed by atoms with Crippen molar-refractivity contribution < 1.29 is 9.53 Å². The topological polar surface area (TPSA) is 78.1 Å². The van der Waals surface area contributed by atoms with Crippen LogP contribution in [0.5, 0.6) is 5.88 Å². The van der Waals surface area contributed by atoms with E-state index in [1.165, 1.54) is 19.5 Å². The summed E-state index contributed by atoms with van der Waals surface area (Å²) < 4.78 is 4.97. The van der Waals surface area contributed by atoms with E-state index < -0.39 is 6.04 Å². The van der Waals surface area contributed by atoms with Gasteiger partial charge >= 0.3 is 0 Å². The van der Waals surface area contributed by atoms with Crippen LogP contribution >= 0.6 is 0 Å². The van der Waals surface area contributed by atoms with Crippen molar-refractivity contribution in [1.82, 2.24) is 9.97 Å². The number of carbonyl (C=O) groups excluding carboxylic acids is 1. The molecule has 1 aromatic heterocycles. The lowest BCUT2D eigenvalue weighted by atomic mass is 9.99. The Bertz CT molecular complexity index is 366. The van der Waals surface area contributed by atoms with Gasteiger partial charge in [-0.15, -0.1) is 0 Å². The van der Waals surface area contributed by atoms with Gasteiger partial charge in [-0.25, -0.2) is 9.97 Å². The van der Waals surface area contributed by atoms with Crippen molar-refractivity contribution >= 4 is 5.78 Å². The van der Waals surface area contributed by atoms with E-state index in [9.17, 15) is 4.79 Å². The molecule has 1 aromatic rings. The fourth-order valence-corrected chi connectivity index (χ4v) is 1.43. The number of hydrogen-bond donors (Lipinski definition) is 1. The average molecular weight is 223 g/mol. The quantitative estimate of drug-likeness (QED) is 0.754. The lowest BCUT2D eigenvalue weighted by molar-refractivity contribution is 0.0942. The van der Waals surface area contributed by atoms with Gasteiger partial charge in [-0.05, 0) is 12.3 Å². The highest BCUT2D eigenvalue weighted by atomic mass is 16.5. The van der Waals surface area contributed by atoms with Crippen molar-refractivity contribution in [1.29, 1.82) is 0 Å². The summed E-state index contributed by atoms with van der Waals surface area (Å²) >= 11 is 0. The van der Waals surface area contributed by atoms with Crippen LogP contribution in [0.25, 0.3) is 0 Å². The maximum absolute atomic E-state index is 12.0. The van der Waals surface area contributed by atoms with E-state index in [2.05, 4.69) is 9.97 Å². The minimum absolute atomic E-state index is 0.207. The molecule has 2 N–H and O–H groups in total. The number of Topliss-reactive ketones (excluding diaryl/α,β-unsaturated/α-hetero) is 1. The third kappa shape index (κ3) is 3.00. The van der Waals surface area contributed by atoms with E-state index in [0.29, 0.717) is 12.3 Å². The maximum atomic E-state index is 12.0. The molecule has 0 radical (unpaired) electrons. The van der Waals surface area contributed by atoms with Crippen LogP contribution in [0.4, 0.5) is 0 Å². The van der Waals surface area contributed by atoms with Gasteiger partial charge in [-0.1, -0.05) is 13.8 Å². The van der Waals surface area contributed by atoms with Gasteiger partial charge in [-0.2, -0.15) is 0 Å². The van der Waals surface area contributed by atoms with Gasteiger partial charge < -0.3 is 10.5 Å². The van der Waals surface area contributed by atoms with Crippen LogP contribution in [0.3, 0.4) is 0 Å². The van der Waals surface area contributed by atoms with Gasteiger partial charge in [0, 0.05) is 12.4 Å². The van der Waals surface area contributed by atoms with E-state index in [4.69, 9.17) is 10.5 Å².